The third-order valence-corrected chi connectivity index (χ3v) is 4.99. The largest absolute Gasteiger partial charge is 0.449 e. The Morgan fingerprint density at radius 3 is 2.81 bits per heavy atom. The first-order valence-electron chi connectivity index (χ1n) is 8.75. The van der Waals surface area contributed by atoms with Crippen LogP contribution in [0.3, 0.4) is 0 Å². The maximum absolute atomic E-state index is 13.7. The first kappa shape index (κ1) is 17.6. The molecule has 0 bridgehead atoms. The molecule has 0 radical (unpaired) electrons. The van der Waals surface area contributed by atoms with Crippen LogP contribution in [0.4, 0.5) is 8.78 Å². The molecule has 5 nitrogen and oxygen atoms in total. The number of benzene rings is 1. The van der Waals surface area contributed by atoms with Crippen molar-refractivity contribution in [1.29, 1.82) is 0 Å². The molecule has 2 aromatic heterocycles. The fraction of sp³-hybridized carbons (Fsp3) is 0.300. The number of nitrogens with one attached hydrogen (secondary N) is 1. The molecule has 1 fully saturated rings. The summed E-state index contributed by atoms with van der Waals surface area (Å²) < 4.78 is 32.5. The van der Waals surface area contributed by atoms with Gasteiger partial charge in [-0.1, -0.05) is 6.07 Å². The number of carbonyl (C=O) groups excluding carboxylic acids is 1. The third kappa shape index (κ3) is 3.30. The molecular weight excluding hydrogens is 352 g/mol. The van der Waals surface area contributed by atoms with Crippen LogP contribution in [0.25, 0.3) is 11.1 Å². The van der Waals surface area contributed by atoms with Crippen LogP contribution in [0.15, 0.2) is 40.8 Å². The average molecular weight is 371 g/mol. The second-order valence-electron chi connectivity index (χ2n) is 6.91. The third-order valence-electron chi connectivity index (χ3n) is 4.99. The molecule has 1 aliphatic rings. The molecule has 3 aromatic rings. The van der Waals surface area contributed by atoms with Crippen molar-refractivity contribution in [3.63, 3.8) is 0 Å². The van der Waals surface area contributed by atoms with Gasteiger partial charge in [0.1, 0.15) is 5.52 Å². The van der Waals surface area contributed by atoms with Gasteiger partial charge in [0.2, 0.25) is 0 Å². The van der Waals surface area contributed by atoms with E-state index in [-0.39, 0.29) is 23.8 Å². The first-order valence-corrected chi connectivity index (χ1v) is 8.75. The van der Waals surface area contributed by atoms with Crippen molar-refractivity contribution >= 4 is 17.0 Å². The highest BCUT2D eigenvalue weighted by molar-refractivity contribution is 5.95. The van der Waals surface area contributed by atoms with Gasteiger partial charge in [-0.3, -0.25) is 9.69 Å². The lowest BCUT2D eigenvalue weighted by Gasteiger charge is -2.26. The summed E-state index contributed by atoms with van der Waals surface area (Å²) in [4.78, 5) is 19.0. The SMILES string of the molecule is Cc1ccc2oc(C(=O)NC3CCN(C)C3c3ccc(F)c(F)c3)cc2n1. The van der Waals surface area contributed by atoms with Crippen LogP contribution in [-0.2, 0) is 0 Å². The van der Waals surface area contributed by atoms with Crippen molar-refractivity contribution in [1.82, 2.24) is 15.2 Å². The second-order valence-corrected chi connectivity index (χ2v) is 6.91. The molecule has 0 spiro atoms. The van der Waals surface area contributed by atoms with E-state index in [9.17, 15) is 13.6 Å². The molecule has 2 atom stereocenters. The van der Waals surface area contributed by atoms with Crippen molar-refractivity contribution in [2.24, 2.45) is 0 Å². The Morgan fingerprint density at radius 1 is 1.22 bits per heavy atom. The Labute approximate surface area is 155 Å². The van der Waals surface area contributed by atoms with Crippen molar-refractivity contribution in [2.45, 2.75) is 25.4 Å². The molecule has 27 heavy (non-hydrogen) atoms. The van der Waals surface area contributed by atoms with E-state index in [1.54, 1.807) is 18.2 Å². The minimum atomic E-state index is -0.892. The van der Waals surface area contributed by atoms with E-state index in [0.717, 1.165) is 18.3 Å². The highest BCUT2D eigenvalue weighted by Gasteiger charge is 2.35. The van der Waals surface area contributed by atoms with Crippen molar-refractivity contribution < 1.29 is 18.0 Å². The lowest BCUT2D eigenvalue weighted by atomic mass is 10.00. The molecule has 3 heterocycles. The van der Waals surface area contributed by atoms with Gasteiger partial charge in [-0.05, 0) is 50.2 Å². The normalized spacial score (nSPS) is 20.3. The van der Waals surface area contributed by atoms with Crippen molar-refractivity contribution in [2.75, 3.05) is 13.6 Å². The number of furan rings is 1. The molecule has 4 rings (SSSR count). The van der Waals surface area contributed by atoms with E-state index in [4.69, 9.17) is 4.42 Å². The number of aromatic nitrogens is 1. The molecule has 1 saturated heterocycles. The summed E-state index contributed by atoms with van der Waals surface area (Å²) >= 11 is 0. The highest BCUT2D eigenvalue weighted by Crippen LogP contribution is 2.32. The number of pyridine rings is 1. The lowest BCUT2D eigenvalue weighted by molar-refractivity contribution is 0.0901. The Hall–Kier alpha value is -2.80. The monoisotopic (exact) mass is 371 g/mol. The zero-order valence-corrected chi connectivity index (χ0v) is 15.0. The highest BCUT2D eigenvalue weighted by atomic mass is 19.2. The molecule has 1 N–H and O–H groups in total. The second kappa shape index (κ2) is 6.74. The van der Waals surface area contributed by atoms with Gasteiger partial charge in [0.15, 0.2) is 23.0 Å². The molecule has 1 amide bonds. The molecule has 2 unspecified atom stereocenters. The predicted molar refractivity (Wildman–Crippen MR) is 96.3 cm³/mol. The molecule has 7 heteroatoms. The zero-order valence-electron chi connectivity index (χ0n) is 15.0. The number of likely N-dealkylation sites (N-methyl/N-ethyl adjacent to an activating group) is 1. The predicted octanol–water partition coefficient (Wildman–Crippen LogP) is 3.59. The van der Waals surface area contributed by atoms with E-state index in [2.05, 4.69) is 10.3 Å². The number of fused-ring (bicyclic) bond motifs is 1. The van der Waals surface area contributed by atoms with Crippen LogP contribution in [-0.4, -0.2) is 35.4 Å². The van der Waals surface area contributed by atoms with Gasteiger partial charge in [-0.2, -0.15) is 0 Å². The van der Waals surface area contributed by atoms with Crippen LogP contribution in [0.1, 0.15) is 34.3 Å². The van der Waals surface area contributed by atoms with Crippen LogP contribution < -0.4 is 5.32 Å². The number of carbonyl (C=O) groups is 1. The topological polar surface area (TPSA) is 58.4 Å². The van der Waals surface area contributed by atoms with Gasteiger partial charge in [0, 0.05) is 18.3 Å². The Kier molecular flexibility index (Phi) is 4.39. The van der Waals surface area contributed by atoms with E-state index in [1.165, 1.54) is 6.07 Å². The standard InChI is InChI=1S/C20H19F2N3O2/c1-11-3-6-17-16(23-11)10-18(27-17)20(26)24-15-7-8-25(2)19(15)12-4-5-13(21)14(22)9-12/h3-6,9-10,15,19H,7-8H2,1-2H3,(H,24,26). The van der Waals surface area contributed by atoms with Gasteiger partial charge in [-0.15, -0.1) is 0 Å². The maximum atomic E-state index is 13.7. The summed E-state index contributed by atoms with van der Waals surface area (Å²) in [5.41, 5.74) is 2.64. The number of likely N-dealkylation sites (tertiary alicyclic amines) is 1. The Bertz CT molecular complexity index is 1020. The van der Waals surface area contributed by atoms with Gasteiger partial charge in [-0.25, -0.2) is 13.8 Å². The van der Waals surface area contributed by atoms with Crippen LogP contribution in [0.5, 0.6) is 0 Å². The van der Waals surface area contributed by atoms with Gasteiger partial charge in [0.05, 0.1) is 12.1 Å². The fourth-order valence-corrected chi connectivity index (χ4v) is 3.66. The van der Waals surface area contributed by atoms with E-state index < -0.39 is 11.6 Å². The number of rotatable bonds is 3. The van der Waals surface area contributed by atoms with Gasteiger partial charge < -0.3 is 9.73 Å². The maximum Gasteiger partial charge on any atom is 0.287 e. The van der Waals surface area contributed by atoms with Crippen LogP contribution >= 0.6 is 0 Å². The smallest absolute Gasteiger partial charge is 0.287 e. The fourth-order valence-electron chi connectivity index (χ4n) is 3.66. The zero-order chi connectivity index (χ0) is 19.1. The van der Waals surface area contributed by atoms with Crippen molar-refractivity contribution in [3.05, 3.63) is 65.1 Å². The number of hydrogen-bond donors (Lipinski definition) is 1. The molecule has 140 valence electrons. The summed E-state index contributed by atoms with van der Waals surface area (Å²) in [5.74, 6) is -1.94. The molecular formula is C20H19F2N3O2. The molecule has 1 aromatic carbocycles. The number of aryl methyl sites for hydroxylation is 1. The number of nitrogens with zero attached hydrogens (tertiary/aromatic N) is 2. The molecule has 1 aliphatic heterocycles. The quantitative estimate of drug-likeness (QED) is 0.764. The number of halogens is 2. The summed E-state index contributed by atoms with van der Waals surface area (Å²) in [6.45, 7) is 2.60. The van der Waals surface area contributed by atoms with Gasteiger partial charge >= 0.3 is 0 Å². The Balaban J connectivity index is 1.57. The van der Waals surface area contributed by atoms with E-state index >= 15 is 0 Å². The summed E-state index contributed by atoms with van der Waals surface area (Å²) in [7, 11) is 1.89. The van der Waals surface area contributed by atoms with Crippen LogP contribution in [0, 0.1) is 18.6 Å². The number of hydrogen-bond acceptors (Lipinski definition) is 4. The van der Waals surface area contributed by atoms with E-state index in [0.29, 0.717) is 23.1 Å². The molecule has 0 saturated carbocycles. The summed E-state index contributed by atoms with van der Waals surface area (Å²) in [6, 6.07) is 8.59. The van der Waals surface area contributed by atoms with Crippen LogP contribution in [0.2, 0.25) is 0 Å². The average Bonchev–Trinajstić information content (AvgIpc) is 3.21. The van der Waals surface area contributed by atoms with Gasteiger partial charge in [0.25, 0.3) is 5.91 Å². The molecule has 0 aliphatic carbocycles. The summed E-state index contributed by atoms with van der Waals surface area (Å²) in [5, 5.41) is 2.97. The summed E-state index contributed by atoms with van der Waals surface area (Å²) in [6.07, 6.45) is 0.698. The Morgan fingerprint density at radius 2 is 2.04 bits per heavy atom. The minimum Gasteiger partial charge on any atom is -0.449 e. The first-order chi connectivity index (χ1) is 12.9. The van der Waals surface area contributed by atoms with Crippen molar-refractivity contribution in [3.8, 4) is 0 Å². The minimum absolute atomic E-state index is 0.182. The number of amides is 1. The van der Waals surface area contributed by atoms with E-state index in [1.807, 2.05) is 24.9 Å². The lowest BCUT2D eigenvalue weighted by Crippen LogP contribution is -2.38.